The fourth-order valence-corrected chi connectivity index (χ4v) is 3.00. The third-order valence-electron chi connectivity index (χ3n) is 3.79. The molecular weight excluding hydrogens is 417 g/mol. The van der Waals surface area contributed by atoms with Crippen molar-refractivity contribution < 1.29 is 9.13 Å². The molecule has 0 heterocycles. The third kappa shape index (κ3) is 4.93. The van der Waals surface area contributed by atoms with Crippen LogP contribution in [0.25, 0.3) is 0 Å². The van der Waals surface area contributed by atoms with Gasteiger partial charge in [0.05, 0.1) is 10.2 Å². The van der Waals surface area contributed by atoms with Crippen LogP contribution in [0.15, 0.2) is 70.1 Å². The van der Waals surface area contributed by atoms with Gasteiger partial charge >= 0.3 is 0 Å². The Morgan fingerprint density at radius 1 is 1.08 bits per heavy atom. The summed E-state index contributed by atoms with van der Waals surface area (Å²) in [6, 6.07) is 17.6. The highest BCUT2D eigenvalue weighted by molar-refractivity contribution is 9.10. The summed E-state index contributed by atoms with van der Waals surface area (Å²) in [5.41, 5.74) is 3.74. The monoisotopic (exact) mass is 431 g/mol. The molecule has 0 unspecified atom stereocenters. The van der Waals surface area contributed by atoms with Crippen LogP contribution >= 0.6 is 27.5 Å². The third-order valence-corrected chi connectivity index (χ3v) is 4.64. The summed E-state index contributed by atoms with van der Waals surface area (Å²) < 4.78 is 19.5. The lowest BCUT2D eigenvalue weighted by Gasteiger charge is -2.09. The van der Waals surface area contributed by atoms with Crippen LogP contribution in [0.3, 0.4) is 0 Å². The van der Waals surface area contributed by atoms with E-state index >= 15 is 0 Å². The molecule has 0 radical (unpaired) electrons. The van der Waals surface area contributed by atoms with Gasteiger partial charge in [0.2, 0.25) is 0 Å². The summed E-state index contributed by atoms with van der Waals surface area (Å²) >= 11 is 9.54. The maximum absolute atomic E-state index is 12.9. The van der Waals surface area contributed by atoms with E-state index < -0.39 is 0 Å². The molecule has 0 saturated heterocycles. The second-order valence-electron chi connectivity index (χ2n) is 5.79. The lowest BCUT2D eigenvalue weighted by Crippen LogP contribution is -1.96. The molecule has 3 aromatic rings. The predicted octanol–water partition coefficient (Wildman–Crippen LogP) is 6.88. The zero-order valence-electron chi connectivity index (χ0n) is 14.0. The number of benzene rings is 3. The first kappa shape index (κ1) is 18.6. The van der Waals surface area contributed by atoms with Crippen LogP contribution in [0.5, 0.6) is 5.75 Å². The molecule has 0 aliphatic rings. The van der Waals surface area contributed by atoms with Gasteiger partial charge in [0.25, 0.3) is 0 Å². The topological polar surface area (TPSA) is 21.6 Å². The van der Waals surface area contributed by atoms with Crippen molar-refractivity contribution in [3.63, 3.8) is 0 Å². The summed E-state index contributed by atoms with van der Waals surface area (Å²) in [5.74, 6) is 0.457. The molecular formula is C21H16BrClFNO. The first-order chi connectivity index (χ1) is 12.5. The van der Waals surface area contributed by atoms with Gasteiger partial charge in [-0.15, -0.1) is 0 Å². The number of hydrogen-bond acceptors (Lipinski definition) is 2. The molecule has 3 rings (SSSR count). The molecule has 0 aliphatic heterocycles. The number of aliphatic imine (C=N–C) groups is 1. The van der Waals surface area contributed by atoms with Gasteiger partial charge in [0.1, 0.15) is 18.2 Å². The van der Waals surface area contributed by atoms with Gasteiger partial charge < -0.3 is 4.74 Å². The van der Waals surface area contributed by atoms with Gasteiger partial charge in [-0.1, -0.05) is 29.8 Å². The van der Waals surface area contributed by atoms with E-state index in [1.54, 1.807) is 18.3 Å². The van der Waals surface area contributed by atoms with E-state index in [9.17, 15) is 4.39 Å². The summed E-state index contributed by atoms with van der Waals surface area (Å²) in [6.07, 6.45) is 1.78. The van der Waals surface area contributed by atoms with Crippen LogP contribution in [-0.4, -0.2) is 6.21 Å². The zero-order chi connectivity index (χ0) is 18.5. The van der Waals surface area contributed by atoms with E-state index in [0.717, 1.165) is 26.9 Å². The number of nitrogens with zero attached hydrogens (tertiary/aromatic N) is 1. The molecule has 132 valence electrons. The smallest absolute Gasteiger partial charge is 0.134 e. The molecule has 0 amide bonds. The molecule has 5 heteroatoms. The van der Waals surface area contributed by atoms with E-state index in [1.807, 2.05) is 43.3 Å². The predicted molar refractivity (Wildman–Crippen MR) is 108 cm³/mol. The normalized spacial score (nSPS) is 11.1. The van der Waals surface area contributed by atoms with Gasteiger partial charge in [-0.2, -0.15) is 0 Å². The van der Waals surface area contributed by atoms with E-state index in [2.05, 4.69) is 20.9 Å². The van der Waals surface area contributed by atoms with E-state index in [-0.39, 0.29) is 5.82 Å². The molecule has 0 aliphatic carbocycles. The van der Waals surface area contributed by atoms with Crippen molar-refractivity contribution in [1.29, 1.82) is 0 Å². The van der Waals surface area contributed by atoms with Crippen molar-refractivity contribution in [2.75, 3.05) is 0 Å². The summed E-state index contributed by atoms with van der Waals surface area (Å²) in [4.78, 5) is 4.50. The standard InChI is InChI=1S/C21H16BrClFNO/c1-14-2-6-17(23)11-20(14)25-12-16-5-9-21(19(22)10-16)26-13-15-3-7-18(24)8-4-15/h2-12H,13H2,1H3. The highest BCUT2D eigenvalue weighted by Crippen LogP contribution is 2.27. The Hall–Kier alpha value is -2.17. The van der Waals surface area contributed by atoms with Crippen LogP contribution < -0.4 is 4.74 Å². The Labute approximate surface area is 165 Å². The van der Waals surface area contributed by atoms with Crippen molar-refractivity contribution in [2.24, 2.45) is 4.99 Å². The molecule has 0 fully saturated rings. The zero-order valence-corrected chi connectivity index (χ0v) is 16.4. The molecule has 0 aromatic heterocycles. The van der Waals surface area contributed by atoms with Gasteiger partial charge in [-0.25, -0.2) is 4.39 Å². The molecule has 26 heavy (non-hydrogen) atoms. The fraction of sp³-hybridized carbons (Fsp3) is 0.0952. The Morgan fingerprint density at radius 2 is 1.85 bits per heavy atom. The fourth-order valence-electron chi connectivity index (χ4n) is 2.32. The van der Waals surface area contributed by atoms with E-state index in [1.165, 1.54) is 12.1 Å². The van der Waals surface area contributed by atoms with Crippen LogP contribution in [0.2, 0.25) is 5.02 Å². The summed E-state index contributed by atoms with van der Waals surface area (Å²) in [7, 11) is 0. The summed E-state index contributed by atoms with van der Waals surface area (Å²) in [6.45, 7) is 2.36. The van der Waals surface area contributed by atoms with Crippen molar-refractivity contribution in [3.8, 4) is 5.75 Å². The Kier molecular flexibility index (Phi) is 6.07. The lowest BCUT2D eigenvalue weighted by atomic mass is 10.2. The second-order valence-corrected chi connectivity index (χ2v) is 7.08. The Bertz CT molecular complexity index is 941. The minimum atomic E-state index is -0.256. The number of aryl methyl sites for hydroxylation is 1. The van der Waals surface area contributed by atoms with Gasteiger partial charge in [0.15, 0.2) is 0 Å². The average Bonchev–Trinajstić information content (AvgIpc) is 2.63. The van der Waals surface area contributed by atoms with E-state index in [0.29, 0.717) is 17.4 Å². The molecule has 0 spiro atoms. The molecule has 2 nitrogen and oxygen atoms in total. The summed E-state index contributed by atoms with van der Waals surface area (Å²) in [5, 5.41) is 0.661. The molecule has 0 N–H and O–H groups in total. The molecule has 0 atom stereocenters. The van der Waals surface area contributed by atoms with Crippen LogP contribution in [0.1, 0.15) is 16.7 Å². The molecule has 0 bridgehead atoms. The highest BCUT2D eigenvalue weighted by Gasteiger charge is 2.04. The lowest BCUT2D eigenvalue weighted by molar-refractivity contribution is 0.304. The number of rotatable bonds is 5. The Morgan fingerprint density at radius 3 is 2.58 bits per heavy atom. The SMILES string of the molecule is Cc1ccc(Cl)cc1N=Cc1ccc(OCc2ccc(F)cc2)c(Br)c1. The highest BCUT2D eigenvalue weighted by atomic mass is 79.9. The second kappa shape index (κ2) is 8.47. The number of hydrogen-bond donors (Lipinski definition) is 0. The van der Waals surface area contributed by atoms with Crippen LogP contribution in [-0.2, 0) is 6.61 Å². The number of halogens is 3. The van der Waals surface area contributed by atoms with Gasteiger partial charge in [-0.05, 0) is 82.0 Å². The maximum atomic E-state index is 12.9. The van der Waals surface area contributed by atoms with Crippen LogP contribution in [0, 0.1) is 12.7 Å². The molecule has 0 saturated carbocycles. The van der Waals surface area contributed by atoms with E-state index in [4.69, 9.17) is 16.3 Å². The van der Waals surface area contributed by atoms with Crippen molar-refractivity contribution >= 4 is 39.4 Å². The first-order valence-electron chi connectivity index (χ1n) is 7.98. The maximum Gasteiger partial charge on any atom is 0.134 e. The first-order valence-corrected chi connectivity index (χ1v) is 9.15. The van der Waals surface area contributed by atoms with Gasteiger partial charge in [-0.3, -0.25) is 4.99 Å². The number of ether oxygens (including phenoxy) is 1. The largest absolute Gasteiger partial charge is 0.488 e. The average molecular weight is 433 g/mol. The molecule has 3 aromatic carbocycles. The minimum absolute atomic E-state index is 0.256. The van der Waals surface area contributed by atoms with Gasteiger partial charge in [0, 0.05) is 11.2 Å². The van der Waals surface area contributed by atoms with Crippen molar-refractivity contribution in [1.82, 2.24) is 0 Å². The minimum Gasteiger partial charge on any atom is -0.488 e. The van der Waals surface area contributed by atoms with Crippen molar-refractivity contribution in [3.05, 3.63) is 92.7 Å². The van der Waals surface area contributed by atoms with Crippen LogP contribution in [0.4, 0.5) is 10.1 Å². The Balaban J connectivity index is 1.69. The quantitative estimate of drug-likeness (QED) is 0.403. The van der Waals surface area contributed by atoms with Crippen molar-refractivity contribution in [2.45, 2.75) is 13.5 Å².